The first-order chi connectivity index (χ1) is 13.9. The number of halogens is 1. The quantitative estimate of drug-likeness (QED) is 0.457. The van der Waals surface area contributed by atoms with Crippen molar-refractivity contribution < 1.29 is 4.79 Å². The molecule has 0 unspecified atom stereocenters. The van der Waals surface area contributed by atoms with Gasteiger partial charge in [0.05, 0.1) is 22.7 Å². The van der Waals surface area contributed by atoms with Gasteiger partial charge in [-0.05, 0) is 37.5 Å². The molecule has 1 amide bonds. The molecule has 3 rings (SSSR count). The lowest BCUT2D eigenvalue weighted by molar-refractivity contribution is -0.131. The number of carbonyl (C=O) groups is 1. The van der Waals surface area contributed by atoms with Crippen molar-refractivity contribution >= 4 is 44.5 Å². The molecule has 1 aromatic heterocycles. The van der Waals surface area contributed by atoms with Crippen LogP contribution < -0.4 is 5.56 Å². The molecule has 154 valence electrons. The number of rotatable bonds is 6. The molecule has 1 heterocycles. The summed E-state index contributed by atoms with van der Waals surface area (Å²) in [6.45, 7) is 2.55. The van der Waals surface area contributed by atoms with Crippen LogP contribution in [0.2, 0.25) is 0 Å². The fraction of sp³-hybridized carbons (Fsp3) is 0.524. The number of carbonyl (C=O) groups excluding carboxylic acids is 1. The SMILES string of the molecule is CCCn1c(SCC(=O)N(C)C2(C#N)CCCCC2)nc2ccc(Br)cc2c1=O. The van der Waals surface area contributed by atoms with Crippen molar-refractivity contribution in [2.24, 2.45) is 0 Å². The molecule has 6 nitrogen and oxygen atoms in total. The van der Waals surface area contributed by atoms with Crippen molar-refractivity contribution in [1.82, 2.24) is 14.5 Å². The summed E-state index contributed by atoms with van der Waals surface area (Å²) in [5.41, 5.74) is -0.181. The number of nitrogens with zero attached hydrogens (tertiary/aromatic N) is 4. The highest BCUT2D eigenvalue weighted by molar-refractivity contribution is 9.10. The maximum atomic E-state index is 13.0. The average Bonchev–Trinajstić information content (AvgIpc) is 2.74. The molecule has 0 atom stereocenters. The van der Waals surface area contributed by atoms with Crippen molar-refractivity contribution in [2.45, 2.75) is 62.7 Å². The van der Waals surface area contributed by atoms with E-state index in [4.69, 9.17) is 0 Å². The normalized spacial score (nSPS) is 15.8. The number of nitriles is 1. The Hall–Kier alpha value is -1.85. The summed E-state index contributed by atoms with van der Waals surface area (Å²) in [6, 6.07) is 7.83. The monoisotopic (exact) mass is 476 g/mol. The molecular formula is C21H25BrN4O2S. The molecule has 1 fully saturated rings. The third-order valence-electron chi connectivity index (χ3n) is 5.56. The Balaban J connectivity index is 1.85. The molecule has 0 aliphatic heterocycles. The van der Waals surface area contributed by atoms with Crippen LogP contribution in [0, 0.1) is 11.3 Å². The highest BCUT2D eigenvalue weighted by Crippen LogP contribution is 2.33. The number of benzene rings is 1. The van der Waals surface area contributed by atoms with Gasteiger partial charge in [-0.15, -0.1) is 0 Å². The standard InChI is InChI=1S/C21H25BrN4O2S/c1-3-11-26-19(28)16-12-15(22)7-8-17(16)24-20(26)29-13-18(27)25(2)21(14-23)9-5-4-6-10-21/h7-8,12H,3-6,9-11,13H2,1-2H3. The van der Waals surface area contributed by atoms with Crippen molar-refractivity contribution in [3.63, 3.8) is 0 Å². The first-order valence-electron chi connectivity index (χ1n) is 9.92. The summed E-state index contributed by atoms with van der Waals surface area (Å²) in [6.07, 6.45) is 5.28. The van der Waals surface area contributed by atoms with Gasteiger partial charge < -0.3 is 4.90 Å². The molecule has 0 N–H and O–H groups in total. The van der Waals surface area contributed by atoms with Crippen LogP contribution in [0.3, 0.4) is 0 Å². The Morgan fingerprint density at radius 1 is 1.38 bits per heavy atom. The molecular weight excluding hydrogens is 452 g/mol. The summed E-state index contributed by atoms with van der Waals surface area (Å²) in [5, 5.41) is 10.8. The van der Waals surface area contributed by atoms with Crippen LogP contribution in [0.25, 0.3) is 10.9 Å². The van der Waals surface area contributed by atoms with Crippen LogP contribution in [0.4, 0.5) is 0 Å². The minimum atomic E-state index is -0.706. The number of aromatic nitrogens is 2. The predicted octanol–water partition coefficient (Wildman–Crippen LogP) is 4.35. The second-order valence-electron chi connectivity index (χ2n) is 7.46. The zero-order chi connectivity index (χ0) is 21.0. The van der Waals surface area contributed by atoms with Crippen LogP contribution in [0.1, 0.15) is 45.4 Å². The lowest BCUT2D eigenvalue weighted by atomic mass is 9.81. The van der Waals surface area contributed by atoms with E-state index >= 15 is 0 Å². The van der Waals surface area contributed by atoms with E-state index < -0.39 is 5.54 Å². The predicted molar refractivity (Wildman–Crippen MR) is 119 cm³/mol. The number of fused-ring (bicyclic) bond motifs is 1. The van der Waals surface area contributed by atoms with Crippen molar-refractivity contribution in [1.29, 1.82) is 5.26 Å². The molecule has 0 radical (unpaired) electrons. The number of hydrogen-bond donors (Lipinski definition) is 0. The van der Waals surface area contributed by atoms with Gasteiger partial charge in [0.15, 0.2) is 5.16 Å². The molecule has 1 saturated carbocycles. The highest BCUT2D eigenvalue weighted by Gasteiger charge is 2.38. The number of thioether (sulfide) groups is 1. The van der Waals surface area contributed by atoms with Gasteiger partial charge in [-0.1, -0.05) is 53.9 Å². The van der Waals surface area contributed by atoms with Gasteiger partial charge in [-0.3, -0.25) is 14.2 Å². The topological polar surface area (TPSA) is 79.0 Å². The lowest BCUT2D eigenvalue weighted by Gasteiger charge is -2.39. The fourth-order valence-electron chi connectivity index (χ4n) is 3.82. The minimum absolute atomic E-state index is 0.0952. The van der Waals surface area contributed by atoms with Crippen molar-refractivity contribution in [3.8, 4) is 6.07 Å². The lowest BCUT2D eigenvalue weighted by Crippen LogP contribution is -2.50. The third-order valence-corrected chi connectivity index (χ3v) is 7.01. The molecule has 0 spiro atoms. The maximum Gasteiger partial charge on any atom is 0.262 e. The first-order valence-corrected chi connectivity index (χ1v) is 11.7. The van der Waals surface area contributed by atoms with Crippen LogP contribution in [-0.4, -0.2) is 38.7 Å². The van der Waals surface area contributed by atoms with E-state index in [1.54, 1.807) is 22.6 Å². The van der Waals surface area contributed by atoms with Crippen LogP contribution in [0.15, 0.2) is 32.6 Å². The van der Waals surface area contributed by atoms with Gasteiger partial charge in [0.1, 0.15) is 5.54 Å². The van der Waals surface area contributed by atoms with Crippen molar-refractivity contribution in [3.05, 3.63) is 33.0 Å². The van der Waals surface area contributed by atoms with E-state index in [1.807, 2.05) is 19.1 Å². The van der Waals surface area contributed by atoms with Gasteiger partial charge in [-0.25, -0.2) is 4.98 Å². The summed E-state index contributed by atoms with van der Waals surface area (Å²) in [7, 11) is 1.72. The summed E-state index contributed by atoms with van der Waals surface area (Å²) in [5.74, 6) is 0.0460. The van der Waals surface area contributed by atoms with Crippen LogP contribution in [0.5, 0.6) is 0 Å². The molecule has 1 aliphatic rings. The molecule has 2 aromatic rings. The Labute approximate surface area is 183 Å². The second-order valence-corrected chi connectivity index (χ2v) is 9.32. The maximum absolute atomic E-state index is 13.0. The van der Waals surface area contributed by atoms with E-state index in [2.05, 4.69) is 27.0 Å². The smallest absolute Gasteiger partial charge is 0.262 e. The zero-order valence-electron chi connectivity index (χ0n) is 16.8. The Kier molecular flexibility index (Phi) is 7.01. The molecule has 0 saturated heterocycles. The van der Waals surface area contributed by atoms with Crippen LogP contribution in [-0.2, 0) is 11.3 Å². The molecule has 8 heteroatoms. The van der Waals surface area contributed by atoms with E-state index in [9.17, 15) is 14.9 Å². The average molecular weight is 477 g/mol. The number of amides is 1. The first kappa shape index (κ1) is 21.8. The van der Waals surface area contributed by atoms with E-state index in [0.717, 1.165) is 43.0 Å². The van der Waals surface area contributed by atoms with Gasteiger partial charge in [-0.2, -0.15) is 5.26 Å². The van der Waals surface area contributed by atoms with Gasteiger partial charge in [0.25, 0.3) is 5.56 Å². The van der Waals surface area contributed by atoms with Crippen molar-refractivity contribution in [2.75, 3.05) is 12.8 Å². The zero-order valence-corrected chi connectivity index (χ0v) is 19.2. The summed E-state index contributed by atoms with van der Waals surface area (Å²) >= 11 is 4.68. The Morgan fingerprint density at radius 2 is 2.10 bits per heavy atom. The largest absolute Gasteiger partial charge is 0.326 e. The van der Waals surface area contributed by atoms with Gasteiger partial charge in [0, 0.05) is 18.1 Å². The Morgan fingerprint density at radius 3 is 2.76 bits per heavy atom. The molecule has 1 aromatic carbocycles. The third kappa shape index (κ3) is 4.51. The fourth-order valence-corrected chi connectivity index (χ4v) is 5.12. The van der Waals surface area contributed by atoms with Crippen LogP contribution >= 0.6 is 27.7 Å². The van der Waals surface area contributed by atoms with E-state index in [1.165, 1.54) is 11.8 Å². The van der Waals surface area contributed by atoms with Gasteiger partial charge in [0.2, 0.25) is 5.91 Å². The summed E-state index contributed by atoms with van der Waals surface area (Å²) < 4.78 is 2.48. The van der Waals surface area contributed by atoms with E-state index in [0.29, 0.717) is 22.6 Å². The Bertz CT molecular complexity index is 1010. The number of hydrogen-bond acceptors (Lipinski definition) is 5. The minimum Gasteiger partial charge on any atom is -0.326 e. The summed E-state index contributed by atoms with van der Waals surface area (Å²) in [4.78, 5) is 32.1. The molecule has 0 bridgehead atoms. The highest BCUT2D eigenvalue weighted by atomic mass is 79.9. The van der Waals surface area contributed by atoms with Gasteiger partial charge >= 0.3 is 0 Å². The molecule has 1 aliphatic carbocycles. The molecule has 29 heavy (non-hydrogen) atoms. The second kappa shape index (κ2) is 9.31. The van der Waals surface area contributed by atoms with E-state index in [-0.39, 0.29) is 17.2 Å².